The van der Waals surface area contributed by atoms with Crippen LogP contribution in [0.3, 0.4) is 0 Å². The minimum atomic E-state index is -0.202. The molecule has 0 spiro atoms. The molecule has 0 amide bonds. The highest BCUT2D eigenvalue weighted by Gasteiger charge is 2.32. The van der Waals surface area contributed by atoms with Crippen molar-refractivity contribution in [3.05, 3.63) is 70.3 Å². The maximum atomic E-state index is 6.71. The lowest BCUT2D eigenvalue weighted by Crippen LogP contribution is -2.42. The predicted molar refractivity (Wildman–Crippen MR) is 80.2 cm³/mol. The molecular weight excluding hydrogens is 230 g/mol. The van der Waals surface area contributed by atoms with Gasteiger partial charge in [0.2, 0.25) is 0 Å². The molecular formula is C18H21N. The molecule has 19 heavy (non-hydrogen) atoms. The molecule has 1 atom stereocenters. The van der Waals surface area contributed by atoms with Crippen LogP contribution >= 0.6 is 0 Å². The van der Waals surface area contributed by atoms with Crippen LogP contribution in [-0.2, 0) is 18.4 Å². The Hall–Kier alpha value is -1.60. The van der Waals surface area contributed by atoms with Gasteiger partial charge in [-0.05, 0) is 60.9 Å². The number of hydrogen-bond donors (Lipinski definition) is 1. The Labute approximate surface area is 115 Å². The first-order valence-electron chi connectivity index (χ1n) is 7.02. The van der Waals surface area contributed by atoms with E-state index in [1.54, 1.807) is 0 Å². The first-order chi connectivity index (χ1) is 9.08. The van der Waals surface area contributed by atoms with Crippen molar-refractivity contribution in [3.8, 4) is 0 Å². The fourth-order valence-electron chi connectivity index (χ4n) is 3.06. The highest BCUT2D eigenvalue weighted by Crippen LogP contribution is 2.35. The summed E-state index contributed by atoms with van der Waals surface area (Å²) in [6.07, 6.45) is 3.07. The molecule has 98 valence electrons. The van der Waals surface area contributed by atoms with Crippen molar-refractivity contribution in [1.82, 2.24) is 0 Å². The number of nitrogens with two attached hydrogens (primary N) is 1. The van der Waals surface area contributed by atoms with E-state index < -0.39 is 0 Å². The van der Waals surface area contributed by atoms with Crippen LogP contribution in [0.15, 0.2) is 42.5 Å². The largest absolute Gasteiger partial charge is 0.321 e. The summed E-state index contributed by atoms with van der Waals surface area (Å²) in [6.45, 7) is 4.32. The molecule has 1 aliphatic carbocycles. The van der Waals surface area contributed by atoms with Crippen LogP contribution in [0.4, 0.5) is 0 Å². The van der Waals surface area contributed by atoms with E-state index in [0.29, 0.717) is 0 Å². The third kappa shape index (κ3) is 2.19. The normalized spacial score (nSPS) is 22.1. The lowest BCUT2D eigenvalue weighted by molar-refractivity contribution is 0.385. The highest BCUT2D eigenvalue weighted by molar-refractivity contribution is 5.39. The smallest absolute Gasteiger partial charge is 0.0453 e. The topological polar surface area (TPSA) is 26.0 Å². The second kappa shape index (κ2) is 4.50. The standard InChI is InChI=1S/C18H21N/c1-13-7-8-17(11-14(13)2)18(19)10-9-15-5-3-4-6-16(15)12-18/h3-8,11H,9-10,12,19H2,1-2H3. The average molecular weight is 251 g/mol. The van der Waals surface area contributed by atoms with E-state index in [0.717, 1.165) is 19.3 Å². The molecule has 0 saturated heterocycles. The summed E-state index contributed by atoms with van der Waals surface area (Å²) in [7, 11) is 0. The van der Waals surface area contributed by atoms with Gasteiger partial charge in [0, 0.05) is 5.54 Å². The maximum absolute atomic E-state index is 6.71. The Morgan fingerprint density at radius 3 is 2.42 bits per heavy atom. The molecule has 2 aromatic rings. The molecule has 0 saturated carbocycles. The molecule has 0 fully saturated rings. The molecule has 1 nitrogen and oxygen atoms in total. The second-order valence-corrected chi connectivity index (χ2v) is 5.90. The number of fused-ring (bicyclic) bond motifs is 1. The summed E-state index contributed by atoms with van der Waals surface area (Å²) in [6, 6.07) is 15.4. The number of benzene rings is 2. The Balaban J connectivity index is 1.99. The summed E-state index contributed by atoms with van der Waals surface area (Å²) >= 11 is 0. The quantitative estimate of drug-likeness (QED) is 0.822. The summed E-state index contributed by atoms with van der Waals surface area (Å²) < 4.78 is 0. The van der Waals surface area contributed by atoms with Crippen LogP contribution in [-0.4, -0.2) is 0 Å². The van der Waals surface area contributed by atoms with E-state index in [1.165, 1.54) is 27.8 Å². The van der Waals surface area contributed by atoms with E-state index >= 15 is 0 Å². The van der Waals surface area contributed by atoms with Crippen molar-refractivity contribution in [2.45, 2.75) is 38.6 Å². The lowest BCUT2D eigenvalue weighted by atomic mass is 9.74. The van der Waals surface area contributed by atoms with Gasteiger partial charge >= 0.3 is 0 Å². The van der Waals surface area contributed by atoms with Crippen molar-refractivity contribution in [3.63, 3.8) is 0 Å². The third-order valence-electron chi connectivity index (χ3n) is 4.55. The van der Waals surface area contributed by atoms with Gasteiger partial charge in [0.05, 0.1) is 0 Å². The van der Waals surface area contributed by atoms with Gasteiger partial charge in [0.15, 0.2) is 0 Å². The van der Waals surface area contributed by atoms with Gasteiger partial charge in [-0.1, -0.05) is 42.5 Å². The monoisotopic (exact) mass is 251 g/mol. The van der Waals surface area contributed by atoms with Crippen LogP contribution in [0.5, 0.6) is 0 Å². The van der Waals surface area contributed by atoms with E-state index in [2.05, 4.69) is 56.3 Å². The van der Waals surface area contributed by atoms with Crippen LogP contribution < -0.4 is 5.73 Å². The second-order valence-electron chi connectivity index (χ2n) is 5.90. The van der Waals surface area contributed by atoms with Crippen molar-refractivity contribution in [1.29, 1.82) is 0 Å². The summed E-state index contributed by atoms with van der Waals surface area (Å²) in [4.78, 5) is 0. The van der Waals surface area contributed by atoms with Crippen molar-refractivity contribution in [2.75, 3.05) is 0 Å². The zero-order valence-electron chi connectivity index (χ0n) is 11.7. The number of hydrogen-bond acceptors (Lipinski definition) is 1. The molecule has 1 unspecified atom stereocenters. The molecule has 0 bridgehead atoms. The minimum absolute atomic E-state index is 0.202. The Bertz CT molecular complexity index is 615. The van der Waals surface area contributed by atoms with Crippen molar-refractivity contribution in [2.24, 2.45) is 5.73 Å². The molecule has 0 aliphatic heterocycles. The van der Waals surface area contributed by atoms with Crippen molar-refractivity contribution < 1.29 is 0 Å². The predicted octanol–water partition coefficient (Wildman–Crippen LogP) is 3.65. The van der Waals surface area contributed by atoms with Gasteiger partial charge in [-0.25, -0.2) is 0 Å². The lowest BCUT2D eigenvalue weighted by Gasteiger charge is -2.35. The Morgan fingerprint density at radius 2 is 1.68 bits per heavy atom. The average Bonchev–Trinajstić information content (AvgIpc) is 2.41. The van der Waals surface area contributed by atoms with E-state index in [-0.39, 0.29) is 5.54 Å². The first-order valence-corrected chi connectivity index (χ1v) is 7.02. The van der Waals surface area contributed by atoms with Crippen LogP contribution in [0.1, 0.15) is 34.2 Å². The summed E-state index contributed by atoms with van der Waals surface area (Å²) in [5.41, 5.74) is 13.3. The fourth-order valence-corrected chi connectivity index (χ4v) is 3.06. The van der Waals surface area contributed by atoms with Gasteiger partial charge in [-0.2, -0.15) is 0 Å². The Morgan fingerprint density at radius 1 is 0.947 bits per heavy atom. The summed E-state index contributed by atoms with van der Waals surface area (Å²) in [5.74, 6) is 0. The van der Waals surface area contributed by atoms with Gasteiger partial charge < -0.3 is 5.73 Å². The molecule has 0 aromatic heterocycles. The maximum Gasteiger partial charge on any atom is 0.0453 e. The van der Waals surface area contributed by atoms with Crippen LogP contribution in [0, 0.1) is 13.8 Å². The van der Waals surface area contributed by atoms with E-state index in [4.69, 9.17) is 5.73 Å². The molecule has 1 aliphatic rings. The van der Waals surface area contributed by atoms with Gasteiger partial charge in [0.25, 0.3) is 0 Å². The SMILES string of the molecule is Cc1ccc(C2(N)CCc3ccccc3C2)cc1C. The van der Waals surface area contributed by atoms with Gasteiger partial charge in [-0.3, -0.25) is 0 Å². The summed E-state index contributed by atoms with van der Waals surface area (Å²) in [5, 5.41) is 0. The highest BCUT2D eigenvalue weighted by atomic mass is 14.7. The molecule has 2 N–H and O–H groups in total. The van der Waals surface area contributed by atoms with Gasteiger partial charge in [0.1, 0.15) is 0 Å². The van der Waals surface area contributed by atoms with Crippen molar-refractivity contribution >= 4 is 0 Å². The zero-order valence-corrected chi connectivity index (χ0v) is 11.7. The zero-order chi connectivity index (χ0) is 13.5. The first kappa shape index (κ1) is 12.4. The number of rotatable bonds is 1. The third-order valence-corrected chi connectivity index (χ3v) is 4.55. The van der Waals surface area contributed by atoms with Crippen LogP contribution in [0.2, 0.25) is 0 Å². The van der Waals surface area contributed by atoms with E-state index in [1.807, 2.05) is 0 Å². The minimum Gasteiger partial charge on any atom is -0.321 e. The van der Waals surface area contributed by atoms with Gasteiger partial charge in [-0.15, -0.1) is 0 Å². The Kier molecular flexibility index (Phi) is 2.94. The number of aryl methyl sites for hydroxylation is 3. The molecule has 0 radical (unpaired) electrons. The van der Waals surface area contributed by atoms with E-state index in [9.17, 15) is 0 Å². The molecule has 3 rings (SSSR count). The van der Waals surface area contributed by atoms with Crippen LogP contribution in [0.25, 0.3) is 0 Å². The fraction of sp³-hybridized carbons (Fsp3) is 0.333. The molecule has 1 heteroatoms. The molecule has 2 aromatic carbocycles. The molecule has 0 heterocycles.